The van der Waals surface area contributed by atoms with Crippen LogP contribution in [0, 0.1) is 5.92 Å². The molecule has 30 heavy (non-hydrogen) atoms. The van der Waals surface area contributed by atoms with Crippen LogP contribution in [-0.4, -0.2) is 36.7 Å². The van der Waals surface area contributed by atoms with E-state index in [0.717, 1.165) is 24.0 Å². The van der Waals surface area contributed by atoms with Crippen molar-refractivity contribution in [1.29, 1.82) is 0 Å². The van der Waals surface area contributed by atoms with Gasteiger partial charge in [0, 0.05) is 18.2 Å². The van der Waals surface area contributed by atoms with Gasteiger partial charge in [0.1, 0.15) is 23.9 Å². The van der Waals surface area contributed by atoms with Gasteiger partial charge in [0.15, 0.2) is 0 Å². The van der Waals surface area contributed by atoms with Gasteiger partial charge in [0.2, 0.25) is 0 Å². The second kappa shape index (κ2) is 10.2. The fraction of sp³-hybridized carbons (Fsp3) is 0.682. The predicted molar refractivity (Wildman–Crippen MR) is 117 cm³/mol. The van der Waals surface area contributed by atoms with Crippen LogP contribution in [0.5, 0.6) is 11.5 Å². The Bertz CT molecular complexity index is 790. The highest BCUT2D eigenvalue weighted by Crippen LogP contribution is 2.50. The van der Waals surface area contributed by atoms with Crippen molar-refractivity contribution < 1.29 is 28.5 Å². The molecule has 0 saturated heterocycles. The molecule has 1 aliphatic carbocycles. The maximum Gasteiger partial charge on any atom is 0.342 e. The molecule has 2 rings (SSSR count). The molecule has 0 bridgehead atoms. The Hall–Kier alpha value is -1.56. The van der Waals surface area contributed by atoms with Crippen molar-refractivity contribution in [3.63, 3.8) is 0 Å². The normalized spacial score (nSPS) is 18.2. The van der Waals surface area contributed by atoms with Crippen molar-refractivity contribution in [2.75, 3.05) is 13.5 Å². The van der Waals surface area contributed by atoms with Crippen molar-refractivity contribution in [3.05, 3.63) is 23.3 Å². The maximum atomic E-state index is 13.4. The molecule has 1 aromatic carbocycles. The summed E-state index contributed by atoms with van der Waals surface area (Å²) < 4.78 is 29.7. The number of aromatic hydroxyl groups is 1. The number of rotatable bonds is 11. The number of hydrogen-bond acceptors (Lipinski definition) is 6. The molecule has 3 unspecified atom stereocenters. The van der Waals surface area contributed by atoms with Crippen LogP contribution in [0.25, 0.3) is 0 Å². The number of ether oxygens (including phenoxy) is 2. The highest BCUT2D eigenvalue weighted by atomic mass is 31.2. The number of carbonyl (C=O) groups is 1. The van der Waals surface area contributed by atoms with E-state index in [1.807, 2.05) is 13.8 Å². The quantitative estimate of drug-likeness (QED) is 0.363. The van der Waals surface area contributed by atoms with Crippen LogP contribution in [0.15, 0.2) is 12.1 Å². The third-order valence-electron chi connectivity index (χ3n) is 5.23. The Morgan fingerprint density at radius 2 is 1.77 bits per heavy atom. The monoisotopic (exact) mass is 441 g/mol. The minimum absolute atomic E-state index is 0.0633. The average molecular weight is 442 g/mol. The zero-order valence-electron chi connectivity index (χ0n) is 19.1. The first kappa shape index (κ1) is 24.7. The summed E-state index contributed by atoms with van der Waals surface area (Å²) in [5, 5.41) is 13.6. The number of phenolic OH excluding ortho intramolecular Hbond substituents is 1. The lowest BCUT2D eigenvalue weighted by atomic mass is 9.90. The fourth-order valence-corrected chi connectivity index (χ4v) is 5.12. The zero-order chi connectivity index (χ0) is 22.6. The molecule has 1 fully saturated rings. The minimum atomic E-state index is -3.57. The highest BCUT2D eigenvalue weighted by molar-refractivity contribution is 7.57. The van der Waals surface area contributed by atoms with E-state index in [1.54, 1.807) is 32.9 Å². The van der Waals surface area contributed by atoms with E-state index in [4.69, 9.17) is 14.0 Å². The van der Waals surface area contributed by atoms with Crippen LogP contribution in [0.1, 0.15) is 77.3 Å². The number of esters is 1. The van der Waals surface area contributed by atoms with Gasteiger partial charge in [0.25, 0.3) is 0 Å². The molecule has 1 aromatic rings. The molecule has 0 aliphatic heterocycles. The van der Waals surface area contributed by atoms with Gasteiger partial charge in [-0.3, -0.25) is 9.36 Å². The first-order valence-electron chi connectivity index (χ1n) is 10.6. The molecule has 1 aliphatic rings. The van der Waals surface area contributed by atoms with E-state index in [9.17, 15) is 14.5 Å². The summed E-state index contributed by atoms with van der Waals surface area (Å²) in [6.45, 7) is 11.2. The molecule has 1 saturated carbocycles. The molecule has 3 atom stereocenters. The molecular formula is C22H36NO6P. The first-order chi connectivity index (χ1) is 14.0. The summed E-state index contributed by atoms with van der Waals surface area (Å²) in [7, 11) is -2.15. The first-order valence-corrected chi connectivity index (χ1v) is 12.4. The second-order valence-electron chi connectivity index (χ2n) is 8.75. The van der Waals surface area contributed by atoms with Crippen molar-refractivity contribution in [1.82, 2.24) is 5.09 Å². The van der Waals surface area contributed by atoms with Gasteiger partial charge in [-0.2, -0.15) is 0 Å². The van der Waals surface area contributed by atoms with Crippen molar-refractivity contribution >= 4 is 13.5 Å². The topological polar surface area (TPSA) is 94.1 Å². The summed E-state index contributed by atoms with van der Waals surface area (Å²) in [4.78, 5) is 12.2. The molecule has 0 radical (unpaired) electrons. The molecule has 0 aromatic heterocycles. The lowest BCUT2D eigenvalue weighted by molar-refractivity contribution is -0.149. The Labute approximate surface area is 180 Å². The van der Waals surface area contributed by atoms with Crippen LogP contribution in [0.2, 0.25) is 0 Å². The number of nitrogens with one attached hydrogen (secondary N) is 1. The Balaban J connectivity index is 2.33. The third-order valence-corrected chi connectivity index (χ3v) is 7.12. The zero-order valence-corrected chi connectivity index (χ0v) is 20.0. The predicted octanol–water partition coefficient (Wildman–Crippen LogP) is 5.13. The van der Waals surface area contributed by atoms with E-state index < -0.39 is 19.5 Å². The van der Waals surface area contributed by atoms with Crippen molar-refractivity contribution in [2.24, 2.45) is 5.92 Å². The Morgan fingerprint density at radius 3 is 2.27 bits per heavy atom. The van der Waals surface area contributed by atoms with Crippen LogP contribution >= 0.6 is 7.52 Å². The van der Waals surface area contributed by atoms with Gasteiger partial charge in [-0.25, -0.2) is 5.09 Å². The molecule has 8 heteroatoms. The van der Waals surface area contributed by atoms with Crippen molar-refractivity contribution in [3.8, 4) is 11.5 Å². The molecule has 0 heterocycles. The van der Waals surface area contributed by atoms with Gasteiger partial charge in [0.05, 0.1) is 6.10 Å². The van der Waals surface area contributed by atoms with Gasteiger partial charge in [-0.15, -0.1) is 0 Å². The minimum Gasteiger partial charge on any atom is -0.507 e. The summed E-state index contributed by atoms with van der Waals surface area (Å²) in [6, 6.07) is 2.63. The fourth-order valence-electron chi connectivity index (χ4n) is 3.45. The SMILES string of the molecule is COCP(=O)(NC(C)C(=O)OC(C)C)Oc1cc(C(C)C)c(O)c(C(C)C2CC2)c1. The van der Waals surface area contributed by atoms with E-state index in [0.29, 0.717) is 11.7 Å². The van der Waals surface area contributed by atoms with Crippen LogP contribution in [0.3, 0.4) is 0 Å². The van der Waals surface area contributed by atoms with Gasteiger partial charge in [-0.05, 0) is 63.5 Å². The Morgan fingerprint density at radius 1 is 1.17 bits per heavy atom. The van der Waals surface area contributed by atoms with E-state index >= 15 is 0 Å². The molecule has 2 N–H and O–H groups in total. The maximum absolute atomic E-state index is 13.4. The van der Waals surface area contributed by atoms with Gasteiger partial charge < -0.3 is 19.1 Å². The third kappa shape index (κ3) is 6.47. The molecule has 0 spiro atoms. The van der Waals surface area contributed by atoms with Crippen LogP contribution < -0.4 is 9.61 Å². The second-order valence-corrected chi connectivity index (χ2v) is 10.8. The standard InChI is InChI=1S/C22H36NO6P/c1-13(2)19-10-18(11-20(21(19)24)15(5)17-8-9-17)29-30(26,12-27-7)23-16(6)22(25)28-14(3)4/h10-11,13-17,24H,8-9,12H2,1-7H3,(H,23,26). The molecule has 0 amide bonds. The summed E-state index contributed by atoms with van der Waals surface area (Å²) in [5.41, 5.74) is 1.54. The Kier molecular flexibility index (Phi) is 8.37. The molecule has 7 nitrogen and oxygen atoms in total. The van der Waals surface area contributed by atoms with Gasteiger partial charge >= 0.3 is 13.5 Å². The lowest BCUT2D eigenvalue weighted by Crippen LogP contribution is -2.36. The number of hydrogen-bond donors (Lipinski definition) is 2. The highest BCUT2D eigenvalue weighted by Gasteiger charge is 2.34. The molecule has 170 valence electrons. The smallest absolute Gasteiger partial charge is 0.342 e. The number of carbonyl (C=O) groups excluding carboxylic acids is 1. The van der Waals surface area contributed by atoms with E-state index in [-0.39, 0.29) is 30.0 Å². The average Bonchev–Trinajstić information content (AvgIpc) is 3.46. The van der Waals surface area contributed by atoms with E-state index in [1.165, 1.54) is 7.11 Å². The summed E-state index contributed by atoms with van der Waals surface area (Å²) >= 11 is 0. The van der Waals surface area contributed by atoms with Crippen molar-refractivity contribution in [2.45, 2.75) is 78.4 Å². The number of phenols is 1. The summed E-state index contributed by atoms with van der Waals surface area (Å²) in [5.74, 6) is 0.938. The van der Waals surface area contributed by atoms with E-state index in [2.05, 4.69) is 12.0 Å². The summed E-state index contributed by atoms with van der Waals surface area (Å²) in [6.07, 6.45) is 1.79. The largest absolute Gasteiger partial charge is 0.507 e. The van der Waals surface area contributed by atoms with Crippen LogP contribution in [0.4, 0.5) is 0 Å². The van der Waals surface area contributed by atoms with Crippen LogP contribution in [-0.2, 0) is 18.8 Å². The number of benzene rings is 1. The molecular weight excluding hydrogens is 405 g/mol. The lowest BCUT2D eigenvalue weighted by Gasteiger charge is -2.25. The van der Waals surface area contributed by atoms with Gasteiger partial charge in [-0.1, -0.05) is 20.8 Å². The number of methoxy groups -OCH3 is 1.